The Bertz CT molecular complexity index is 1120. The average molecular weight is 435 g/mol. The number of halogens is 1. The quantitative estimate of drug-likeness (QED) is 0.397. The van der Waals surface area contributed by atoms with Gasteiger partial charge in [-0.05, 0) is 68.5 Å². The number of rotatable bonds is 5. The maximum atomic E-state index is 5.98. The third-order valence-electron chi connectivity index (χ3n) is 5.48. The number of hydrogen-bond donors (Lipinski definition) is 3. The SMILES string of the molecule is Cc1ccc2nc(/C=C/c3ccc(Cl)cc3)nc(NC3CCCC(N=C(N)N)C3)c2c1. The molecule has 160 valence electrons. The van der Waals surface area contributed by atoms with Gasteiger partial charge < -0.3 is 16.8 Å². The van der Waals surface area contributed by atoms with Crippen LogP contribution in [0.2, 0.25) is 5.02 Å². The highest BCUT2D eigenvalue weighted by Crippen LogP contribution is 2.28. The minimum absolute atomic E-state index is 0.148. The van der Waals surface area contributed by atoms with Crippen LogP contribution in [-0.4, -0.2) is 28.0 Å². The van der Waals surface area contributed by atoms with E-state index in [0.717, 1.165) is 48.0 Å². The van der Waals surface area contributed by atoms with E-state index in [2.05, 4.69) is 29.4 Å². The van der Waals surface area contributed by atoms with Crippen molar-refractivity contribution in [2.45, 2.75) is 44.7 Å². The van der Waals surface area contributed by atoms with Gasteiger partial charge in [0.05, 0.1) is 11.6 Å². The summed E-state index contributed by atoms with van der Waals surface area (Å²) < 4.78 is 0. The van der Waals surface area contributed by atoms with Crippen LogP contribution in [0.1, 0.15) is 42.6 Å². The number of nitrogens with one attached hydrogen (secondary N) is 1. The highest BCUT2D eigenvalue weighted by Gasteiger charge is 2.22. The number of aliphatic imine (C=N–C) groups is 1. The number of benzene rings is 2. The number of hydrogen-bond acceptors (Lipinski definition) is 4. The minimum atomic E-state index is 0.148. The first kappa shape index (κ1) is 21.1. The zero-order chi connectivity index (χ0) is 21.8. The predicted octanol–water partition coefficient (Wildman–Crippen LogP) is 4.76. The summed E-state index contributed by atoms with van der Waals surface area (Å²) in [6.45, 7) is 2.08. The van der Waals surface area contributed by atoms with Crippen LogP contribution >= 0.6 is 11.6 Å². The molecular weight excluding hydrogens is 408 g/mol. The number of aryl methyl sites for hydroxylation is 1. The van der Waals surface area contributed by atoms with Crippen LogP contribution < -0.4 is 16.8 Å². The van der Waals surface area contributed by atoms with Crippen molar-refractivity contribution < 1.29 is 0 Å². The fourth-order valence-electron chi connectivity index (χ4n) is 4.01. The zero-order valence-electron chi connectivity index (χ0n) is 17.6. The van der Waals surface area contributed by atoms with Gasteiger partial charge in [0.25, 0.3) is 0 Å². The molecule has 0 saturated heterocycles. The minimum Gasteiger partial charge on any atom is -0.370 e. The molecule has 0 bridgehead atoms. The van der Waals surface area contributed by atoms with Crippen LogP contribution in [0.25, 0.3) is 23.1 Å². The second kappa shape index (κ2) is 9.35. The summed E-state index contributed by atoms with van der Waals surface area (Å²) >= 11 is 5.98. The standard InChI is InChI=1S/C24H27ClN6/c1-15-5-11-21-20(13-15)23(28-18-3-2-4-19(14-18)29-24(26)27)31-22(30-21)12-8-16-6-9-17(25)10-7-16/h5-13,18-19H,2-4,14H2,1H3,(H4,26,27,29)(H,28,30,31)/b12-8+. The number of aromatic nitrogens is 2. The molecule has 2 unspecified atom stereocenters. The van der Waals surface area contributed by atoms with E-state index >= 15 is 0 Å². The molecule has 1 aliphatic carbocycles. The number of fused-ring (bicyclic) bond motifs is 1. The van der Waals surface area contributed by atoms with E-state index in [4.69, 9.17) is 33.0 Å². The number of nitrogens with two attached hydrogens (primary N) is 2. The molecule has 0 aliphatic heterocycles. The van der Waals surface area contributed by atoms with E-state index in [-0.39, 0.29) is 18.0 Å². The molecule has 6 nitrogen and oxygen atoms in total. The molecule has 1 fully saturated rings. The van der Waals surface area contributed by atoms with Crippen LogP contribution in [0, 0.1) is 6.92 Å². The van der Waals surface area contributed by atoms with E-state index in [1.54, 1.807) is 0 Å². The smallest absolute Gasteiger partial charge is 0.186 e. The topological polar surface area (TPSA) is 102 Å². The molecule has 4 rings (SSSR count). The largest absolute Gasteiger partial charge is 0.370 e. The van der Waals surface area contributed by atoms with Crippen molar-refractivity contribution in [1.82, 2.24) is 9.97 Å². The fourth-order valence-corrected chi connectivity index (χ4v) is 4.13. The Kier molecular flexibility index (Phi) is 6.37. The van der Waals surface area contributed by atoms with E-state index < -0.39 is 0 Å². The summed E-state index contributed by atoms with van der Waals surface area (Å²) in [6, 6.07) is 14.3. The average Bonchev–Trinajstić information content (AvgIpc) is 2.73. The molecule has 31 heavy (non-hydrogen) atoms. The van der Waals surface area contributed by atoms with E-state index in [0.29, 0.717) is 10.8 Å². The summed E-state index contributed by atoms with van der Waals surface area (Å²) in [6.07, 6.45) is 7.94. The van der Waals surface area contributed by atoms with Gasteiger partial charge in [-0.2, -0.15) is 0 Å². The normalized spacial score (nSPS) is 18.9. The van der Waals surface area contributed by atoms with Crippen molar-refractivity contribution >= 4 is 46.4 Å². The lowest BCUT2D eigenvalue weighted by molar-refractivity contribution is 0.410. The van der Waals surface area contributed by atoms with Gasteiger partial charge in [0.1, 0.15) is 5.82 Å². The lowest BCUT2D eigenvalue weighted by Crippen LogP contribution is -2.32. The van der Waals surface area contributed by atoms with E-state index in [1.807, 2.05) is 42.5 Å². The molecule has 1 heterocycles. The van der Waals surface area contributed by atoms with Crippen LogP contribution in [0.3, 0.4) is 0 Å². The summed E-state index contributed by atoms with van der Waals surface area (Å²) in [7, 11) is 0. The van der Waals surface area contributed by atoms with Crippen LogP contribution in [-0.2, 0) is 0 Å². The first-order valence-electron chi connectivity index (χ1n) is 10.5. The highest BCUT2D eigenvalue weighted by atomic mass is 35.5. The van der Waals surface area contributed by atoms with E-state index in [9.17, 15) is 0 Å². The third kappa shape index (κ3) is 5.52. The number of nitrogens with zero attached hydrogens (tertiary/aromatic N) is 3. The molecule has 7 heteroatoms. The Labute approximate surface area is 187 Å². The first-order valence-corrected chi connectivity index (χ1v) is 10.9. The molecule has 1 aromatic heterocycles. The monoisotopic (exact) mass is 434 g/mol. The third-order valence-corrected chi connectivity index (χ3v) is 5.73. The lowest BCUT2D eigenvalue weighted by Gasteiger charge is -2.28. The number of guanidine groups is 1. The summed E-state index contributed by atoms with van der Waals surface area (Å²) in [5, 5.41) is 5.38. The molecule has 5 N–H and O–H groups in total. The van der Waals surface area contributed by atoms with Crippen LogP contribution in [0.5, 0.6) is 0 Å². The summed E-state index contributed by atoms with van der Waals surface area (Å²) in [5.41, 5.74) is 14.3. The summed E-state index contributed by atoms with van der Waals surface area (Å²) in [5.74, 6) is 1.66. The maximum Gasteiger partial charge on any atom is 0.186 e. The van der Waals surface area contributed by atoms with Crippen molar-refractivity contribution in [3.63, 3.8) is 0 Å². The molecular formula is C24H27ClN6. The van der Waals surface area contributed by atoms with Gasteiger partial charge in [-0.15, -0.1) is 0 Å². The van der Waals surface area contributed by atoms with Crippen LogP contribution in [0.15, 0.2) is 47.5 Å². The Morgan fingerprint density at radius 1 is 1.10 bits per heavy atom. The molecule has 0 amide bonds. The first-order chi connectivity index (χ1) is 15.0. The van der Waals surface area contributed by atoms with Gasteiger partial charge in [0.15, 0.2) is 11.8 Å². The molecule has 0 radical (unpaired) electrons. The maximum absolute atomic E-state index is 5.98. The Balaban J connectivity index is 1.63. The second-order valence-electron chi connectivity index (χ2n) is 8.05. The van der Waals surface area contributed by atoms with Gasteiger partial charge in [0.2, 0.25) is 0 Å². The Morgan fingerprint density at radius 2 is 1.90 bits per heavy atom. The van der Waals surface area contributed by atoms with Crippen LogP contribution in [0.4, 0.5) is 5.82 Å². The number of anilines is 1. The van der Waals surface area contributed by atoms with Gasteiger partial charge in [-0.3, -0.25) is 4.99 Å². The highest BCUT2D eigenvalue weighted by molar-refractivity contribution is 6.30. The predicted molar refractivity (Wildman–Crippen MR) is 130 cm³/mol. The van der Waals surface area contributed by atoms with Gasteiger partial charge >= 0.3 is 0 Å². The molecule has 1 aliphatic rings. The van der Waals surface area contributed by atoms with Crippen molar-refractivity contribution in [2.24, 2.45) is 16.5 Å². The Morgan fingerprint density at radius 3 is 2.68 bits per heavy atom. The van der Waals surface area contributed by atoms with Crippen molar-refractivity contribution in [2.75, 3.05) is 5.32 Å². The lowest BCUT2D eigenvalue weighted by atomic mass is 9.91. The molecule has 2 atom stereocenters. The van der Waals surface area contributed by atoms with Gasteiger partial charge in [-0.1, -0.05) is 41.4 Å². The Hall–Kier alpha value is -3.12. The van der Waals surface area contributed by atoms with Crippen molar-refractivity contribution in [1.29, 1.82) is 0 Å². The van der Waals surface area contributed by atoms with Gasteiger partial charge in [-0.25, -0.2) is 9.97 Å². The molecule has 0 spiro atoms. The van der Waals surface area contributed by atoms with Gasteiger partial charge in [0, 0.05) is 16.5 Å². The second-order valence-corrected chi connectivity index (χ2v) is 8.49. The molecule has 2 aromatic carbocycles. The van der Waals surface area contributed by atoms with Crippen molar-refractivity contribution in [3.05, 3.63) is 64.4 Å². The van der Waals surface area contributed by atoms with E-state index in [1.165, 1.54) is 5.56 Å². The zero-order valence-corrected chi connectivity index (χ0v) is 18.3. The molecule has 3 aromatic rings. The fraction of sp³-hybridized carbons (Fsp3) is 0.292. The summed E-state index contributed by atoms with van der Waals surface area (Å²) in [4.78, 5) is 13.9. The van der Waals surface area contributed by atoms with Crippen molar-refractivity contribution in [3.8, 4) is 0 Å². The molecule has 1 saturated carbocycles.